The first-order valence-corrected chi connectivity index (χ1v) is 11.4. The van der Waals surface area contributed by atoms with Crippen molar-refractivity contribution in [1.82, 2.24) is 14.4 Å². The molecule has 2 aliphatic heterocycles. The van der Waals surface area contributed by atoms with Gasteiger partial charge in [0.2, 0.25) is 5.91 Å². The van der Waals surface area contributed by atoms with Crippen LogP contribution >= 0.6 is 11.8 Å². The standard InChI is InChI=1S/C24H27N3O4S/c1-15-9-16(2)11-20(10-15)27-17(3)12-19(18(27)4)13-21-23(29)26(24(30)32-21)14-22(28)25-5-7-31-8-6-25/h9-13H,5-8,14H2,1-4H3/b21-13-. The molecule has 0 atom stereocenters. The summed E-state index contributed by atoms with van der Waals surface area (Å²) in [5, 5.41) is -0.411. The molecule has 168 valence electrons. The Labute approximate surface area is 192 Å². The fourth-order valence-electron chi connectivity index (χ4n) is 4.24. The molecule has 0 unspecified atom stereocenters. The summed E-state index contributed by atoms with van der Waals surface area (Å²) in [6.45, 7) is 9.85. The van der Waals surface area contributed by atoms with E-state index in [1.165, 1.54) is 11.1 Å². The van der Waals surface area contributed by atoms with E-state index in [1.54, 1.807) is 11.0 Å². The minimum atomic E-state index is -0.419. The van der Waals surface area contributed by atoms with E-state index in [9.17, 15) is 14.4 Å². The van der Waals surface area contributed by atoms with Crippen molar-refractivity contribution in [3.8, 4) is 5.69 Å². The molecular weight excluding hydrogens is 426 g/mol. The zero-order chi connectivity index (χ0) is 23.0. The van der Waals surface area contributed by atoms with E-state index in [2.05, 4.69) is 36.6 Å². The van der Waals surface area contributed by atoms with Gasteiger partial charge < -0.3 is 14.2 Å². The second-order valence-corrected chi connectivity index (χ2v) is 9.26. The first-order chi connectivity index (χ1) is 15.2. The Kier molecular flexibility index (Phi) is 6.26. The number of thioether (sulfide) groups is 1. The van der Waals surface area contributed by atoms with E-state index in [-0.39, 0.29) is 12.5 Å². The molecule has 1 aromatic carbocycles. The first-order valence-electron chi connectivity index (χ1n) is 10.6. The van der Waals surface area contributed by atoms with Gasteiger partial charge in [-0.05, 0) is 80.4 Å². The Balaban J connectivity index is 1.57. The lowest BCUT2D eigenvalue weighted by Gasteiger charge is -2.28. The highest BCUT2D eigenvalue weighted by molar-refractivity contribution is 8.18. The number of aryl methyl sites for hydroxylation is 3. The summed E-state index contributed by atoms with van der Waals surface area (Å²) in [6, 6.07) is 8.40. The van der Waals surface area contributed by atoms with Crippen molar-refractivity contribution >= 4 is 34.9 Å². The molecule has 4 rings (SSSR count). The molecule has 0 spiro atoms. The summed E-state index contributed by atoms with van der Waals surface area (Å²) in [5.41, 5.74) is 6.34. The average molecular weight is 454 g/mol. The van der Waals surface area contributed by atoms with E-state index >= 15 is 0 Å². The van der Waals surface area contributed by atoms with Crippen LogP contribution in [0.25, 0.3) is 11.8 Å². The van der Waals surface area contributed by atoms with Crippen LogP contribution in [-0.2, 0) is 14.3 Å². The summed E-state index contributed by atoms with van der Waals surface area (Å²) in [6.07, 6.45) is 1.76. The van der Waals surface area contributed by atoms with E-state index in [1.807, 2.05) is 19.9 Å². The van der Waals surface area contributed by atoms with Crippen LogP contribution in [0.15, 0.2) is 29.2 Å². The number of nitrogens with zero attached hydrogens (tertiary/aromatic N) is 3. The predicted molar refractivity (Wildman–Crippen MR) is 125 cm³/mol. The van der Waals surface area contributed by atoms with Gasteiger partial charge in [-0.2, -0.15) is 0 Å². The normalized spacial score (nSPS) is 18.2. The molecule has 2 fully saturated rings. The van der Waals surface area contributed by atoms with Crippen molar-refractivity contribution in [1.29, 1.82) is 0 Å². The van der Waals surface area contributed by atoms with Crippen LogP contribution < -0.4 is 0 Å². The van der Waals surface area contributed by atoms with Crippen LogP contribution in [0.5, 0.6) is 0 Å². The maximum atomic E-state index is 12.9. The van der Waals surface area contributed by atoms with Gasteiger partial charge in [-0.15, -0.1) is 0 Å². The van der Waals surface area contributed by atoms with Crippen LogP contribution in [0.3, 0.4) is 0 Å². The number of ether oxygens (including phenoxy) is 1. The maximum absolute atomic E-state index is 12.9. The van der Waals surface area contributed by atoms with Gasteiger partial charge in [-0.25, -0.2) is 0 Å². The molecule has 0 N–H and O–H groups in total. The molecule has 32 heavy (non-hydrogen) atoms. The molecule has 0 saturated carbocycles. The highest BCUT2D eigenvalue weighted by Crippen LogP contribution is 2.34. The summed E-state index contributed by atoms with van der Waals surface area (Å²) in [5.74, 6) is -0.650. The number of imide groups is 1. The SMILES string of the molecule is Cc1cc(C)cc(-n2c(C)cc(/C=C3\SC(=O)N(CC(=O)N4CCOCC4)C3=O)c2C)c1. The van der Waals surface area contributed by atoms with E-state index in [0.717, 1.165) is 39.3 Å². The number of benzene rings is 1. The lowest BCUT2D eigenvalue weighted by atomic mass is 10.1. The molecule has 2 aromatic rings. The third-order valence-corrected chi connectivity index (χ3v) is 6.66. The van der Waals surface area contributed by atoms with Crippen molar-refractivity contribution in [3.05, 3.63) is 57.2 Å². The second kappa shape index (κ2) is 8.96. The predicted octanol–water partition coefficient (Wildman–Crippen LogP) is 3.61. The van der Waals surface area contributed by atoms with Crippen molar-refractivity contribution in [3.63, 3.8) is 0 Å². The fourth-order valence-corrected chi connectivity index (χ4v) is 5.07. The molecule has 3 amide bonds. The summed E-state index contributed by atoms with van der Waals surface area (Å²) < 4.78 is 7.41. The Morgan fingerprint density at radius 1 is 1.03 bits per heavy atom. The van der Waals surface area contributed by atoms with Crippen LogP contribution in [0.4, 0.5) is 4.79 Å². The van der Waals surface area contributed by atoms with Crippen LogP contribution in [0.2, 0.25) is 0 Å². The van der Waals surface area contributed by atoms with Crippen LogP contribution in [0, 0.1) is 27.7 Å². The third kappa shape index (κ3) is 4.38. The number of carbonyl (C=O) groups excluding carboxylic acids is 3. The average Bonchev–Trinajstić information content (AvgIpc) is 3.17. The lowest BCUT2D eigenvalue weighted by molar-refractivity contribution is -0.139. The van der Waals surface area contributed by atoms with Gasteiger partial charge in [0.1, 0.15) is 6.54 Å². The van der Waals surface area contributed by atoms with Crippen molar-refractivity contribution < 1.29 is 19.1 Å². The van der Waals surface area contributed by atoms with Gasteiger partial charge >= 0.3 is 0 Å². The lowest BCUT2D eigenvalue weighted by Crippen LogP contribution is -2.46. The highest BCUT2D eigenvalue weighted by Gasteiger charge is 2.37. The summed E-state index contributed by atoms with van der Waals surface area (Å²) >= 11 is 0.884. The van der Waals surface area contributed by atoms with E-state index in [4.69, 9.17) is 4.74 Å². The number of morpholine rings is 1. The van der Waals surface area contributed by atoms with Gasteiger partial charge in [0.25, 0.3) is 11.1 Å². The minimum Gasteiger partial charge on any atom is -0.378 e. The van der Waals surface area contributed by atoms with Crippen molar-refractivity contribution in [2.75, 3.05) is 32.8 Å². The third-order valence-electron chi connectivity index (χ3n) is 5.75. The molecule has 0 aliphatic carbocycles. The van der Waals surface area contributed by atoms with Crippen molar-refractivity contribution in [2.45, 2.75) is 27.7 Å². The largest absolute Gasteiger partial charge is 0.378 e. The second-order valence-electron chi connectivity index (χ2n) is 8.27. The minimum absolute atomic E-state index is 0.232. The Morgan fingerprint density at radius 2 is 1.69 bits per heavy atom. The van der Waals surface area contributed by atoms with Crippen LogP contribution in [0.1, 0.15) is 28.1 Å². The quantitative estimate of drug-likeness (QED) is 0.662. The fraction of sp³-hybridized carbons (Fsp3) is 0.375. The molecule has 8 heteroatoms. The maximum Gasteiger partial charge on any atom is 0.294 e. The Hall–Kier alpha value is -2.84. The van der Waals surface area contributed by atoms with Crippen LogP contribution in [-0.4, -0.2) is 64.3 Å². The van der Waals surface area contributed by atoms with E-state index < -0.39 is 11.1 Å². The van der Waals surface area contributed by atoms with Gasteiger partial charge in [0, 0.05) is 30.2 Å². The molecule has 0 bridgehead atoms. The first kappa shape index (κ1) is 22.4. The summed E-state index contributed by atoms with van der Waals surface area (Å²) in [7, 11) is 0. The number of carbonyl (C=O) groups is 3. The van der Waals surface area contributed by atoms with Gasteiger partial charge in [-0.1, -0.05) is 6.07 Å². The highest BCUT2D eigenvalue weighted by atomic mass is 32.2. The monoisotopic (exact) mass is 453 g/mol. The molecule has 1 aromatic heterocycles. The van der Waals surface area contributed by atoms with Gasteiger partial charge in [0.05, 0.1) is 18.1 Å². The molecule has 2 aliphatic rings. The molecule has 7 nitrogen and oxygen atoms in total. The number of hydrogen-bond acceptors (Lipinski definition) is 5. The molecular formula is C24H27N3O4S. The zero-order valence-corrected chi connectivity index (χ0v) is 19.6. The van der Waals surface area contributed by atoms with E-state index in [0.29, 0.717) is 31.2 Å². The van der Waals surface area contributed by atoms with Gasteiger partial charge in [0.15, 0.2) is 0 Å². The molecule has 2 saturated heterocycles. The number of rotatable bonds is 4. The Bertz CT molecular complexity index is 1110. The number of hydrogen-bond donors (Lipinski definition) is 0. The smallest absolute Gasteiger partial charge is 0.294 e. The summed E-state index contributed by atoms with van der Waals surface area (Å²) in [4.78, 5) is 40.9. The number of amides is 3. The zero-order valence-electron chi connectivity index (χ0n) is 18.8. The number of aromatic nitrogens is 1. The Morgan fingerprint density at radius 3 is 2.34 bits per heavy atom. The van der Waals surface area contributed by atoms with Crippen molar-refractivity contribution in [2.24, 2.45) is 0 Å². The van der Waals surface area contributed by atoms with Gasteiger partial charge in [-0.3, -0.25) is 19.3 Å². The molecule has 3 heterocycles. The molecule has 0 radical (unpaired) electrons. The topological polar surface area (TPSA) is 71.8 Å².